The van der Waals surface area contributed by atoms with Crippen molar-refractivity contribution in [1.82, 2.24) is 0 Å². The monoisotopic (exact) mass is 351 g/mol. The number of carbonyl (C=O) groups is 1. The lowest BCUT2D eigenvalue weighted by Crippen LogP contribution is -2.20. The number of fused-ring (bicyclic) bond motifs is 1. The van der Waals surface area contributed by atoms with Gasteiger partial charge in [-0.3, -0.25) is 4.79 Å². The Labute approximate surface area is 140 Å². The molecule has 3 nitrogen and oxygen atoms in total. The zero-order valence-electron chi connectivity index (χ0n) is 12.3. The molecule has 0 fully saturated rings. The lowest BCUT2D eigenvalue weighted by atomic mass is 10.1. The lowest BCUT2D eigenvalue weighted by molar-refractivity contribution is -0.274. The van der Waals surface area contributed by atoms with Crippen molar-refractivity contribution in [3.8, 4) is 5.75 Å². The van der Waals surface area contributed by atoms with Gasteiger partial charge in [0.05, 0.1) is 5.69 Å². The molecule has 0 radical (unpaired) electrons. The number of allylic oxidation sites excluding steroid dienone is 6. The van der Waals surface area contributed by atoms with Crippen molar-refractivity contribution < 1.29 is 22.7 Å². The van der Waals surface area contributed by atoms with Crippen molar-refractivity contribution >= 4 is 23.4 Å². The molecule has 1 amide bonds. The van der Waals surface area contributed by atoms with Crippen LogP contribution in [0.5, 0.6) is 5.75 Å². The maximum Gasteiger partial charge on any atom is 0.573 e. The van der Waals surface area contributed by atoms with Crippen LogP contribution in [-0.4, -0.2) is 18.0 Å². The predicted octanol–water partition coefficient (Wildman–Crippen LogP) is 4.58. The zero-order valence-corrected chi connectivity index (χ0v) is 13.1. The molecular formula is C17H12F3NO2S. The molecule has 1 N–H and O–H groups in total. The Kier molecular flexibility index (Phi) is 4.53. The molecule has 24 heavy (non-hydrogen) atoms. The standard InChI is InChI=1S/C17H12F3NO2S/c18-17(19,20)23-14-8-5-4-7-13(14)21-16(22)12-10-24-15-9-3-1-2-6-11(12)15/h1-9H,10H2,(H,21,22). The van der Waals surface area contributed by atoms with Crippen LogP contribution in [-0.2, 0) is 4.79 Å². The van der Waals surface area contributed by atoms with Crippen molar-refractivity contribution in [3.63, 3.8) is 0 Å². The number of hydrogen-bond acceptors (Lipinski definition) is 3. The number of amides is 1. The van der Waals surface area contributed by atoms with E-state index >= 15 is 0 Å². The third kappa shape index (κ3) is 3.73. The number of thioether (sulfide) groups is 1. The summed E-state index contributed by atoms with van der Waals surface area (Å²) in [6, 6.07) is 5.46. The zero-order chi connectivity index (χ0) is 17.2. The van der Waals surface area contributed by atoms with E-state index in [9.17, 15) is 18.0 Å². The van der Waals surface area contributed by atoms with Crippen LogP contribution in [0.1, 0.15) is 0 Å². The van der Waals surface area contributed by atoms with Crippen LogP contribution < -0.4 is 10.1 Å². The number of carbonyl (C=O) groups excluding carboxylic acids is 1. The summed E-state index contributed by atoms with van der Waals surface area (Å²) in [5.74, 6) is -0.415. The number of benzene rings is 1. The summed E-state index contributed by atoms with van der Waals surface area (Å²) in [6.07, 6.45) is 4.44. The molecule has 1 aromatic rings. The van der Waals surface area contributed by atoms with E-state index < -0.39 is 18.0 Å². The Balaban J connectivity index is 1.85. The Hall–Kier alpha value is -2.41. The third-order valence-electron chi connectivity index (χ3n) is 3.33. The van der Waals surface area contributed by atoms with Crippen LogP contribution in [0.25, 0.3) is 0 Å². The Morgan fingerprint density at radius 2 is 1.96 bits per heavy atom. The Bertz CT molecular complexity index is 791. The number of ether oxygens (including phenoxy) is 1. The first-order chi connectivity index (χ1) is 11.4. The molecule has 0 saturated carbocycles. The molecule has 0 unspecified atom stereocenters. The minimum atomic E-state index is -4.82. The summed E-state index contributed by atoms with van der Waals surface area (Å²) in [5.41, 5.74) is 1.29. The van der Waals surface area contributed by atoms with Gasteiger partial charge in [-0.15, -0.1) is 24.9 Å². The quantitative estimate of drug-likeness (QED) is 0.866. The number of hydrogen-bond donors (Lipinski definition) is 1. The van der Waals surface area contributed by atoms with Gasteiger partial charge >= 0.3 is 6.36 Å². The van der Waals surface area contributed by atoms with Crippen LogP contribution in [0.15, 0.2) is 70.7 Å². The molecule has 0 saturated heterocycles. The minimum Gasteiger partial charge on any atom is -0.404 e. The van der Waals surface area contributed by atoms with Crippen LogP contribution in [0.4, 0.5) is 18.9 Å². The second-order valence-electron chi connectivity index (χ2n) is 4.95. The first-order valence-corrected chi connectivity index (χ1v) is 8.00. The van der Waals surface area contributed by atoms with E-state index in [2.05, 4.69) is 10.1 Å². The summed E-state index contributed by atoms with van der Waals surface area (Å²) in [4.78, 5) is 13.5. The molecule has 1 heterocycles. The number of anilines is 1. The Morgan fingerprint density at radius 3 is 2.75 bits per heavy atom. The normalized spacial score (nSPS) is 16.5. The van der Waals surface area contributed by atoms with E-state index in [1.807, 2.05) is 30.4 Å². The molecule has 0 bridgehead atoms. The molecule has 1 aromatic carbocycles. The van der Waals surface area contributed by atoms with E-state index in [1.165, 1.54) is 30.0 Å². The average molecular weight is 351 g/mol. The average Bonchev–Trinajstić information content (AvgIpc) is 2.77. The van der Waals surface area contributed by atoms with Gasteiger partial charge < -0.3 is 10.1 Å². The summed E-state index contributed by atoms with van der Waals surface area (Å²) < 4.78 is 41.3. The SMILES string of the molecule is O=C(Nc1ccccc1OC(F)(F)F)C1=C2C=CC=CC=C2SC1. The highest BCUT2D eigenvalue weighted by Crippen LogP contribution is 2.39. The van der Waals surface area contributed by atoms with Crippen LogP contribution in [0, 0.1) is 0 Å². The second-order valence-corrected chi connectivity index (χ2v) is 5.97. The van der Waals surface area contributed by atoms with E-state index in [1.54, 1.807) is 0 Å². The molecule has 1 aliphatic heterocycles. The predicted molar refractivity (Wildman–Crippen MR) is 87.6 cm³/mol. The van der Waals surface area contributed by atoms with Crippen molar-refractivity contribution in [3.05, 3.63) is 70.7 Å². The Morgan fingerprint density at radius 1 is 1.17 bits per heavy atom. The number of para-hydroxylation sites is 2. The molecule has 0 atom stereocenters. The fourth-order valence-electron chi connectivity index (χ4n) is 2.30. The van der Waals surface area contributed by atoms with Gasteiger partial charge in [0, 0.05) is 16.2 Å². The maximum atomic E-state index is 12.5. The van der Waals surface area contributed by atoms with Gasteiger partial charge in [0.15, 0.2) is 5.75 Å². The summed E-state index contributed by atoms with van der Waals surface area (Å²) in [5, 5.41) is 2.51. The first-order valence-electron chi connectivity index (χ1n) is 7.01. The largest absolute Gasteiger partial charge is 0.573 e. The molecule has 0 aromatic heterocycles. The third-order valence-corrected chi connectivity index (χ3v) is 4.43. The van der Waals surface area contributed by atoms with Gasteiger partial charge in [0.2, 0.25) is 0 Å². The van der Waals surface area contributed by atoms with E-state index in [-0.39, 0.29) is 5.69 Å². The first kappa shape index (κ1) is 16.4. The number of alkyl halides is 3. The van der Waals surface area contributed by atoms with Crippen LogP contribution >= 0.6 is 11.8 Å². The second kappa shape index (κ2) is 6.60. The van der Waals surface area contributed by atoms with Crippen LogP contribution in [0.3, 0.4) is 0 Å². The molecule has 7 heteroatoms. The van der Waals surface area contributed by atoms with Gasteiger partial charge in [-0.1, -0.05) is 36.4 Å². The van der Waals surface area contributed by atoms with Crippen molar-refractivity contribution in [2.24, 2.45) is 0 Å². The minimum absolute atomic E-state index is 0.0221. The molecule has 2 aliphatic rings. The van der Waals surface area contributed by atoms with Gasteiger partial charge in [0.1, 0.15) is 0 Å². The molecular weight excluding hydrogens is 339 g/mol. The van der Waals surface area contributed by atoms with Crippen molar-refractivity contribution in [2.45, 2.75) is 6.36 Å². The highest BCUT2D eigenvalue weighted by molar-refractivity contribution is 8.03. The highest BCUT2D eigenvalue weighted by atomic mass is 32.2. The van der Waals surface area contributed by atoms with E-state index in [0.717, 1.165) is 16.5 Å². The van der Waals surface area contributed by atoms with Crippen molar-refractivity contribution in [1.29, 1.82) is 0 Å². The maximum absolute atomic E-state index is 12.5. The highest BCUT2D eigenvalue weighted by Gasteiger charge is 2.32. The van der Waals surface area contributed by atoms with Gasteiger partial charge in [-0.2, -0.15) is 0 Å². The lowest BCUT2D eigenvalue weighted by Gasteiger charge is -2.14. The topological polar surface area (TPSA) is 38.3 Å². The van der Waals surface area contributed by atoms with Gasteiger partial charge in [-0.05, 0) is 23.8 Å². The fraction of sp³-hybridized carbons (Fsp3) is 0.118. The smallest absolute Gasteiger partial charge is 0.404 e. The van der Waals surface area contributed by atoms with Gasteiger partial charge in [-0.25, -0.2) is 0 Å². The molecule has 1 aliphatic carbocycles. The summed E-state index contributed by atoms with van der Waals surface area (Å²) in [7, 11) is 0. The summed E-state index contributed by atoms with van der Waals surface area (Å²) in [6.45, 7) is 0. The summed E-state index contributed by atoms with van der Waals surface area (Å²) >= 11 is 1.51. The molecule has 3 rings (SSSR count). The number of nitrogens with one attached hydrogen (secondary N) is 1. The molecule has 0 spiro atoms. The number of rotatable bonds is 3. The van der Waals surface area contributed by atoms with Crippen molar-refractivity contribution in [2.75, 3.05) is 11.1 Å². The number of halogens is 3. The molecule has 124 valence electrons. The fourth-order valence-corrected chi connectivity index (χ4v) is 3.41. The van der Waals surface area contributed by atoms with E-state index in [4.69, 9.17) is 0 Å². The van der Waals surface area contributed by atoms with E-state index in [0.29, 0.717) is 11.3 Å². The van der Waals surface area contributed by atoms with Gasteiger partial charge in [0.25, 0.3) is 5.91 Å². The van der Waals surface area contributed by atoms with Crippen LogP contribution in [0.2, 0.25) is 0 Å².